The molecule has 1 aliphatic rings. The van der Waals surface area contributed by atoms with Gasteiger partial charge in [-0.1, -0.05) is 19.4 Å². The number of hydrogen-bond donors (Lipinski definition) is 0. The second kappa shape index (κ2) is 3.68. The van der Waals surface area contributed by atoms with Gasteiger partial charge in [0.05, 0.1) is 0 Å². The molecule has 0 aliphatic heterocycles. The predicted molar refractivity (Wildman–Crippen MR) is 56.0 cm³/mol. The summed E-state index contributed by atoms with van der Waals surface area (Å²) in [7, 11) is 0. The molecule has 1 aliphatic carbocycles. The van der Waals surface area contributed by atoms with Crippen molar-refractivity contribution in [2.75, 3.05) is 0 Å². The minimum absolute atomic E-state index is 0.0143. The molecule has 2 nitrogen and oxygen atoms in total. The lowest BCUT2D eigenvalue weighted by atomic mass is 9.66. The first-order valence-corrected chi connectivity index (χ1v) is 5.05. The van der Waals surface area contributed by atoms with Crippen molar-refractivity contribution in [1.29, 1.82) is 0 Å². The molecule has 0 radical (unpaired) electrons. The number of carbonyl (C=O) groups excluding carboxylic acids is 2. The molecule has 0 heterocycles. The zero-order valence-electron chi connectivity index (χ0n) is 9.39. The van der Waals surface area contributed by atoms with Crippen LogP contribution in [0.3, 0.4) is 0 Å². The average molecular weight is 194 g/mol. The number of carbonyl (C=O) groups is 2. The maximum absolute atomic E-state index is 11.4. The van der Waals surface area contributed by atoms with Crippen molar-refractivity contribution < 1.29 is 9.59 Å². The maximum Gasteiger partial charge on any atom is 0.155 e. The smallest absolute Gasteiger partial charge is 0.155 e. The van der Waals surface area contributed by atoms with Gasteiger partial charge in [-0.05, 0) is 31.3 Å². The van der Waals surface area contributed by atoms with Crippen LogP contribution >= 0.6 is 0 Å². The molecule has 14 heavy (non-hydrogen) atoms. The van der Waals surface area contributed by atoms with Crippen LogP contribution in [0.2, 0.25) is 0 Å². The van der Waals surface area contributed by atoms with Crippen molar-refractivity contribution >= 4 is 11.6 Å². The largest absolute Gasteiger partial charge is 0.300 e. The molecule has 0 bridgehead atoms. The highest BCUT2D eigenvalue weighted by Crippen LogP contribution is 2.42. The van der Waals surface area contributed by atoms with Crippen LogP contribution in [0.15, 0.2) is 11.6 Å². The molecule has 1 rings (SSSR count). The summed E-state index contributed by atoms with van der Waals surface area (Å²) >= 11 is 0. The third-order valence-corrected chi connectivity index (χ3v) is 3.40. The number of hydrogen-bond acceptors (Lipinski definition) is 2. The fourth-order valence-electron chi connectivity index (χ4n) is 1.98. The second-order valence-electron chi connectivity index (χ2n) is 4.82. The van der Waals surface area contributed by atoms with Crippen molar-refractivity contribution in [2.24, 2.45) is 11.3 Å². The Kier molecular flexibility index (Phi) is 2.93. The minimum Gasteiger partial charge on any atom is -0.300 e. The van der Waals surface area contributed by atoms with Crippen LogP contribution in [-0.4, -0.2) is 11.6 Å². The van der Waals surface area contributed by atoms with E-state index < -0.39 is 0 Å². The molecule has 0 aromatic carbocycles. The fourth-order valence-corrected chi connectivity index (χ4v) is 1.98. The van der Waals surface area contributed by atoms with Gasteiger partial charge in [-0.2, -0.15) is 0 Å². The molecule has 0 spiro atoms. The Hall–Kier alpha value is -0.920. The van der Waals surface area contributed by atoms with E-state index in [1.54, 1.807) is 13.0 Å². The third kappa shape index (κ3) is 2.11. The summed E-state index contributed by atoms with van der Waals surface area (Å²) in [6.45, 7) is 7.79. The Morgan fingerprint density at radius 3 is 2.64 bits per heavy atom. The van der Waals surface area contributed by atoms with Gasteiger partial charge in [0.25, 0.3) is 0 Å². The van der Waals surface area contributed by atoms with Crippen LogP contribution < -0.4 is 0 Å². The van der Waals surface area contributed by atoms with Gasteiger partial charge in [0.2, 0.25) is 0 Å². The molecular weight excluding hydrogens is 176 g/mol. The number of ketones is 2. The summed E-state index contributed by atoms with van der Waals surface area (Å²) in [4.78, 5) is 22.4. The van der Waals surface area contributed by atoms with Crippen LogP contribution in [0, 0.1) is 11.3 Å². The Labute approximate surface area is 85.4 Å². The van der Waals surface area contributed by atoms with E-state index in [0.717, 1.165) is 5.57 Å². The first-order chi connectivity index (χ1) is 6.34. The Morgan fingerprint density at radius 1 is 1.57 bits per heavy atom. The molecule has 0 saturated carbocycles. The highest BCUT2D eigenvalue weighted by atomic mass is 16.1. The number of rotatable bonds is 2. The molecule has 0 saturated heterocycles. The van der Waals surface area contributed by atoms with Crippen molar-refractivity contribution in [3.63, 3.8) is 0 Å². The van der Waals surface area contributed by atoms with Crippen LogP contribution in [0.25, 0.3) is 0 Å². The van der Waals surface area contributed by atoms with Gasteiger partial charge in [0.1, 0.15) is 5.78 Å². The standard InChI is InChI=1S/C12H18O2/c1-8-5-11(14)7-10(6-9(2)13)12(8,3)4/h5,10H,6-7H2,1-4H3/t10-/m0/s1. The third-order valence-electron chi connectivity index (χ3n) is 3.40. The topological polar surface area (TPSA) is 34.1 Å². The first-order valence-electron chi connectivity index (χ1n) is 5.05. The van der Waals surface area contributed by atoms with Crippen LogP contribution in [0.5, 0.6) is 0 Å². The zero-order chi connectivity index (χ0) is 10.9. The highest BCUT2D eigenvalue weighted by Gasteiger charge is 2.36. The van der Waals surface area contributed by atoms with Gasteiger partial charge >= 0.3 is 0 Å². The van der Waals surface area contributed by atoms with Gasteiger partial charge in [-0.25, -0.2) is 0 Å². The lowest BCUT2D eigenvalue weighted by Crippen LogP contribution is -2.32. The molecule has 0 aromatic heterocycles. The highest BCUT2D eigenvalue weighted by molar-refractivity contribution is 5.92. The molecule has 0 amide bonds. The Morgan fingerprint density at radius 2 is 2.14 bits per heavy atom. The van der Waals surface area contributed by atoms with Crippen molar-refractivity contribution in [2.45, 2.75) is 40.5 Å². The van der Waals surface area contributed by atoms with Gasteiger partial charge in [0, 0.05) is 12.8 Å². The summed E-state index contributed by atoms with van der Waals surface area (Å²) in [6.07, 6.45) is 2.75. The van der Waals surface area contributed by atoms with Gasteiger partial charge in [-0.15, -0.1) is 0 Å². The zero-order valence-corrected chi connectivity index (χ0v) is 9.39. The lowest BCUT2D eigenvalue weighted by molar-refractivity contribution is -0.120. The van der Waals surface area contributed by atoms with Gasteiger partial charge in [-0.3, -0.25) is 4.79 Å². The monoisotopic (exact) mass is 194 g/mol. The number of allylic oxidation sites excluding steroid dienone is 2. The Balaban J connectivity index is 2.92. The molecule has 0 aromatic rings. The normalized spacial score (nSPS) is 25.9. The molecule has 0 unspecified atom stereocenters. The van der Waals surface area contributed by atoms with E-state index >= 15 is 0 Å². The molecule has 0 N–H and O–H groups in total. The van der Waals surface area contributed by atoms with Gasteiger partial charge in [0.15, 0.2) is 5.78 Å². The minimum atomic E-state index is -0.0143. The summed E-state index contributed by atoms with van der Waals surface area (Å²) in [6, 6.07) is 0. The first kappa shape index (κ1) is 11.2. The van der Waals surface area contributed by atoms with E-state index in [-0.39, 0.29) is 22.9 Å². The predicted octanol–water partition coefficient (Wildman–Crippen LogP) is 2.53. The quantitative estimate of drug-likeness (QED) is 0.677. The second-order valence-corrected chi connectivity index (χ2v) is 4.82. The molecule has 1 atom stereocenters. The fraction of sp³-hybridized carbons (Fsp3) is 0.667. The maximum atomic E-state index is 11.4. The molecule has 2 heteroatoms. The summed E-state index contributed by atoms with van der Waals surface area (Å²) in [5.74, 6) is 0.510. The molecular formula is C12H18O2. The van der Waals surface area contributed by atoms with E-state index in [0.29, 0.717) is 12.8 Å². The van der Waals surface area contributed by atoms with Crippen molar-refractivity contribution in [3.05, 3.63) is 11.6 Å². The molecule has 0 fully saturated rings. The lowest BCUT2D eigenvalue weighted by Gasteiger charge is -2.37. The summed E-state index contributed by atoms with van der Waals surface area (Å²) in [5.41, 5.74) is 1.08. The Bertz CT molecular complexity index is 297. The van der Waals surface area contributed by atoms with Crippen LogP contribution in [0.4, 0.5) is 0 Å². The number of Topliss-reactive ketones (excluding diaryl/α,β-unsaturated/α-hetero) is 1. The van der Waals surface area contributed by atoms with Crippen molar-refractivity contribution in [3.8, 4) is 0 Å². The van der Waals surface area contributed by atoms with Crippen molar-refractivity contribution in [1.82, 2.24) is 0 Å². The van der Waals surface area contributed by atoms with Crippen LogP contribution in [0.1, 0.15) is 40.5 Å². The molecule has 78 valence electrons. The summed E-state index contributed by atoms with van der Waals surface area (Å²) in [5, 5.41) is 0. The van der Waals surface area contributed by atoms with E-state index in [2.05, 4.69) is 13.8 Å². The van der Waals surface area contributed by atoms with Gasteiger partial charge < -0.3 is 4.79 Å². The average Bonchev–Trinajstić information content (AvgIpc) is 1.99. The SMILES string of the molecule is CC(=O)C[C@H]1CC(=O)C=C(C)C1(C)C. The van der Waals surface area contributed by atoms with E-state index in [1.165, 1.54) is 0 Å². The van der Waals surface area contributed by atoms with E-state index in [9.17, 15) is 9.59 Å². The van der Waals surface area contributed by atoms with E-state index in [1.807, 2.05) is 6.92 Å². The van der Waals surface area contributed by atoms with E-state index in [4.69, 9.17) is 0 Å². The van der Waals surface area contributed by atoms with Crippen LogP contribution in [-0.2, 0) is 9.59 Å². The summed E-state index contributed by atoms with van der Waals surface area (Å²) < 4.78 is 0.